The number of sulfone groups is 1. The predicted octanol–water partition coefficient (Wildman–Crippen LogP) is 1.95. The molecule has 0 aliphatic rings. The smallest absolute Gasteiger partial charge is 0.236 e. The minimum absolute atomic E-state index is 0.0657. The molecule has 0 radical (unpaired) electrons. The van der Waals surface area contributed by atoms with Crippen LogP contribution in [0.25, 0.3) is 0 Å². The average Bonchev–Trinajstić information content (AvgIpc) is 2.34. The van der Waals surface area contributed by atoms with Crippen LogP contribution in [-0.4, -0.2) is 31.9 Å². The minimum atomic E-state index is -3.73. The molecular weight excluding hydrogens is 358 g/mol. The van der Waals surface area contributed by atoms with Gasteiger partial charge in [-0.05, 0) is 31.0 Å². The summed E-state index contributed by atoms with van der Waals surface area (Å²) in [6.07, 6.45) is 0. The standard InChI is InChI=1S/C14H18BrNO4S/c1-9(2)14(10(3)17)16-13(18)8-21(19,20)12-6-4-5-11(15)7-12/h4-7,9,14H,8H2,1-3H3,(H,16,18). The van der Waals surface area contributed by atoms with Gasteiger partial charge >= 0.3 is 0 Å². The predicted molar refractivity (Wildman–Crippen MR) is 83.6 cm³/mol. The highest BCUT2D eigenvalue weighted by Gasteiger charge is 2.25. The zero-order valence-electron chi connectivity index (χ0n) is 12.1. The molecule has 0 heterocycles. The molecule has 0 aromatic heterocycles. The van der Waals surface area contributed by atoms with E-state index in [-0.39, 0.29) is 16.6 Å². The van der Waals surface area contributed by atoms with Gasteiger partial charge in [-0.2, -0.15) is 0 Å². The SMILES string of the molecule is CC(=O)C(NC(=O)CS(=O)(=O)c1cccc(Br)c1)C(C)C. The summed E-state index contributed by atoms with van der Waals surface area (Å²) in [5.41, 5.74) is 0. The van der Waals surface area contributed by atoms with Crippen molar-refractivity contribution in [3.8, 4) is 0 Å². The summed E-state index contributed by atoms with van der Waals surface area (Å²) in [5.74, 6) is -1.65. The molecule has 1 unspecified atom stereocenters. The fourth-order valence-corrected chi connectivity index (χ4v) is 3.61. The van der Waals surface area contributed by atoms with Gasteiger partial charge in [-0.25, -0.2) is 8.42 Å². The Bertz CT molecular complexity index is 640. The van der Waals surface area contributed by atoms with Gasteiger partial charge in [-0.15, -0.1) is 0 Å². The summed E-state index contributed by atoms with van der Waals surface area (Å²) in [4.78, 5) is 23.4. The van der Waals surface area contributed by atoms with E-state index in [1.807, 2.05) is 0 Å². The van der Waals surface area contributed by atoms with Crippen LogP contribution in [0.5, 0.6) is 0 Å². The molecule has 0 spiro atoms. The van der Waals surface area contributed by atoms with Gasteiger partial charge in [0.25, 0.3) is 0 Å². The molecule has 0 bridgehead atoms. The number of benzene rings is 1. The number of carbonyl (C=O) groups excluding carboxylic acids is 2. The van der Waals surface area contributed by atoms with Crippen LogP contribution >= 0.6 is 15.9 Å². The van der Waals surface area contributed by atoms with Crippen LogP contribution in [-0.2, 0) is 19.4 Å². The van der Waals surface area contributed by atoms with E-state index in [4.69, 9.17) is 0 Å². The van der Waals surface area contributed by atoms with Crippen LogP contribution in [0.15, 0.2) is 33.6 Å². The number of Topliss-reactive ketones (excluding diaryl/α,β-unsaturated/α-hetero) is 1. The van der Waals surface area contributed by atoms with Crippen molar-refractivity contribution in [3.63, 3.8) is 0 Å². The van der Waals surface area contributed by atoms with Crippen molar-refractivity contribution in [3.05, 3.63) is 28.7 Å². The van der Waals surface area contributed by atoms with Crippen LogP contribution in [0.1, 0.15) is 20.8 Å². The number of hydrogen-bond donors (Lipinski definition) is 1. The Morgan fingerprint density at radius 2 is 1.90 bits per heavy atom. The molecule has 1 rings (SSSR count). The molecule has 5 nitrogen and oxygen atoms in total. The number of hydrogen-bond acceptors (Lipinski definition) is 4. The summed E-state index contributed by atoms with van der Waals surface area (Å²) < 4.78 is 24.9. The fourth-order valence-electron chi connectivity index (χ4n) is 1.87. The number of halogens is 1. The van der Waals surface area contributed by atoms with E-state index >= 15 is 0 Å². The molecule has 116 valence electrons. The second-order valence-electron chi connectivity index (χ2n) is 5.12. The van der Waals surface area contributed by atoms with Gasteiger partial charge in [-0.3, -0.25) is 9.59 Å². The Balaban J connectivity index is 2.85. The monoisotopic (exact) mass is 375 g/mol. The maximum atomic E-state index is 12.1. The topological polar surface area (TPSA) is 80.3 Å². The van der Waals surface area contributed by atoms with E-state index in [1.54, 1.807) is 26.0 Å². The second-order valence-corrected chi connectivity index (χ2v) is 8.02. The van der Waals surface area contributed by atoms with E-state index in [9.17, 15) is 18.0 Å². The lowest BCUT2D eigenvalue weighted by molar-refractivity contribution is -0.126. The Hall–Kier alpha value is -1.21. The molecule has 0 saturated carbocycles. The van der Waals surface area contributed by atoms with Crippen LogP contribution in [0.2, 0.25) is 0 Å². The van der Waals surface area contributed by atoms with Crippen molar-refractivity contribution in [1.29, 1.82) is 0 Å². The lowest BCUT2D eigenvalue weighted by Gasteiger charge is -2.19. The zero-order chi connectivity index (χ0) is 16.2. The molecule has 7 heteroatoms. The summed E-state index contributed by atoms with van der Waals surface area (Å²) in [5, 5.41) is 2.48. The van der Waals surface area contributed by atoms with E-state index in [0.29, 0.717) is 4.47 Å². The van der Waals surface area contributed by atoms with Crippen molar-refractivity contribution >= 4 is 37.5 Å². The third kappa shape index (κ3) is 5.24. The molecule has 1 aromatic carbocycles. The Kier molecular flexibility index (Phi) is 6.10. The van der Waals surface area contributed by atoms with Crippen LogP contribution in [0.4, 0.5) is 0 Å². The number of nitrogens with one attached hydrogen (secondary N) is 1. The van der Waals surface area contributed by atoms with Gasteiger partial charge in [0.05, 0.1) is 10.9 Å². The fraction of sp³-hybridized carbons (Fsp3) is 0.429. The Morgan fingerprint density at radius 3 is 2.38 bits per heavy atom. The summed E-state index contributed by atoms with van der Waals surface area (Å²) in [7, 11) is -3.73. The molecule has 0 aliphatic carbocycles. The maximum Gasteiger partial charge on any atom is 0.236 e. The molecule has 0 fully saturated rings. The molecule has 1 atom stereocenters. The first-order valence-corrected chi connectivity index (χ1v) is 8.86. The first kappa shape index (κ1) is 17.8. The highest BCUT2D eigenvalue weighted by Crippen LogP contribution is 2.17. The molecule has 1 N–H and O–H groups in total. The van der Waals surface area contributed by atoms with Crippen molar-refractivity contribution in [2.24, 2.45) is 5.92 Å². The van der Waals surface area contributed by atoms with Gasteiger partial charge in [-0.1, -0.05) is 35.8 Å². The van der Waals surface area contributed by atoms with Crippen LogP contribution in [0, 0.1) is 5.92 Å². The van der Waals surface area contributed by atoms with E-state index < -0.39 is 27.5 Å². The first-order chi connectivity index (χ1) is 9.63. The Labute approximate surface area is 133 Å². The van der Waals surface area contributed by atoms with Gasteiger partial charge in [0.2, 0.25) is 5.91 Å². The molecule has 21 heavy (non-hydrogen) atoms. The van der Waals surface area contributed by atoms with Crippen molar-refractivity contribution in [2.45, 2.75) is 31.7 Å². The van der Waals surface area contributed by atoms with Gasteiger partial charge in [0.1, 0.15) is 5.75 Å². The highest BCUT2D eigenvalue weighted by molar-refractivity contribution is 9.10. The molecule has 1 aromatic rings. The summed E-state index contributed by atoms with van der Waals surface area (Å²) >= 11 is 3.19. The molecule has 0 aliphatic heterocycles. The molecular formula is C14H18BrNO4S. The maximum absolute atomic E-state index is 12.1. The number of amides is 1. The van der Waals surface area contributed by atoms with E-state index in [1.165, 1.54) is 19.1 Å². The summed E-state index contributed by atoms with van der Waals surface area (Å²) in [6, 6.07) is 5.48. The van der Waals surface area contributed by atoms with Crippen molar-refractivity contribution < 1.29 is 18.0 Å². The van der Waals surface area contributed by atoms with Crippen LogP contribution < -0.4 is 5.32 Å². The number of ketones is 1. The number of carbonyl (C=O) groups is 2. The lowest BCUT2D eigenvalue weighted by atomic mass is 10.0. The normalized spacial score (nSPS) is 13.0. The lowest BCUT2D eigenvalue weighted by Crippen LogP contribution is -2.45. The van der Waals surface area contributed by atoms with Gasteiger partial charge in [0, 0.05) is 4.47 Å². The summed E-state index contributed by atoms with van der Waals surface area (Å²) in [6.45, 7) is 4.94. The average molecular weight is 376 g/mol. The van der Waals surface area contributed by atoms with Crippen LogP contribution in [0.3, 0.4) is 0 Å². The van der Waals surface area contributed by atoms with Gasteiger partial charge in [0.15, 0.2) is 15.6 Å². The largest absolute Gasteiger partial charge is 0.345 e. The zero-order valence-corrected chi connectivity index (χ0v) is 14.5. The third-order valence-corrected chi connectivity index (χ3v) is 5.01. The minimum Gasteiger partial charge on any atom is -0.345 e. The Morgan fingerprint density at radius 1 is 1.29 bits per heavy atom. The first-order valence-electron chi connectivity index (χ1n) is 6.41. The van der Waals surface area contributed by atoms with Crippen molar-refractivity contribution in [2.75, 3.05) is 5.75 Å². The number of rotatable bonds is 6. The van der Waals surface area contributed by atoms with Crippen molar-refractivity contribution in [1.82, 2.24) is 5.32 Å². The van der Waals surface area contributed by atoms with E-state index in [0.717, 1.165) is 0 Å². The third-order valence-electron chi connectivity index (χ3n) is 2.90. The molecule has 0 saturated heterocycles. The second kappa shape index (κ2) is 7.17. The van der Waals surface area contributed by atoms with Gasteiger partial charge < -0.3 is 5.32 Å². The van der Waals surface area contributed by atoms with E-state index in [2.05, 4.69) is 21.2 Å². The quantitative estimate of drug-likeness (QED) is 0.823. The molecule has 1 amide bonds. The highest BCUT2D eigenvalue weighted by atomic mass is 79.9.